The molecule has 0 heterocycles. The van der Waals surface area contributed by atoms with Crippen LogP contribution in [0, 0.1) is 11.3 Å². The Kier molecular flexibility index (Phi) is 3.72. The molecule has 0 aromatic heterocycles. The van der Waals surface area contributed by atoms with E-state index in [0.717, 1.165) is 0 Å². The topological polar surface area (TPSA) is 50.1 Å². The number of carbonyl (C=O) groups is 1. The molecule has 3 heteroatoms. The third kappa shape index (κ3) is 2.74. The summed E-state index contributed by atoms with van der Waals surface area (Å²) in [6, 6.07) is 17.8. The van der Waals surface area contributed by atoms with E-state index in [-0.39, 0.29) is 12.4 Å². The predicted molar refractivity (Wildman–Crippen MR) is 67.4 cm³/mol. The largest absolute Gasteiger partial charge is 0.484 e. The molecule has 0 aliphatic carbocycles. The van der Waals surface area contributed by atoms with Gasteiger partial charge in [0.2, 0.25) is 0 Å². The number of benzene rings is 2. The van der Waals surface area contributed by atoms with Crippen LogP contribution in [0.15, 0.2) is 54.6 Å². The Balaban J connectivity index is 2.05. The van der Waals surface area contributed by atoms with E-state index >= 15 is 0 Å². The summed E-state index contributed by atoms with van der Waals surface area (Å²) in [5, 5.41) is 8.89. The summed E-state index contributed by atoms with van der Waals surface area (Å²) < 4.78 is 5.37. The second kappa shape index (κ2) is 5.65. The molecule has 2 aromatic rings. The molecule has 0 aliphatic rings. The van der Waals surface area contributed by atoms with Gasteiger partial charge in [0.1, 0.15) is 11.8 Å². The number of ether oxygens (including phenoxy) is 1. The van der Waals surface area contributed by atoms with Gasteiger partial charge in [-0.15, -0.1) is 0 Å². The summed E-state index contributed by atoms with van der Waals surface area (Å²) in [6.45, 7) is -0.0668. The van der Waals surface area contributed by atoms with Crippen LogP contribution in [0.25, 0.3) is 0 Å². The Morgan fingerprint density at radius 1 is 1.06 bits per heavy atom. The summed E-state index contributed by atoms with van der Waals surface area (Å²) in [5.41, 5.74) is 1.03. The van der Waals surface area contributed by atoms with Gasteiger partial charge in [0, 0.05) is 5.56 Å². The Labute approximate surface area is 105 Å². The SMILES string of the molecule is N#Cc1ccccc1OCC(=O)c1ccccc1. The molecule has 88 valence electrons. The third-order valence-corrected chi connectivity index (χ3v) is 2.46. The van der Waals surface area contributed by atoms with Crippen LogP contribution in [-0.2, 0) is 0 Å². The maximum Gasteiger partial charge on any atom is 0.200 e. The molecule has 2 aromatic carbocycles. The van der Waals surface area contributed by atoms with E-state index in [4.69, 9.17) is 10.00 Å². The van der Waals surface area contributed by atoms with Crippen LogP contribution in [0.1, 0.15) is 15.9 Å². The van der Waals surface area contributed by atoms with Crippen LogP contribution < -0.4 is 4.74 Å². The Morgan fingerprint density at radius 3 is 2.44 bits per heavy atom. The highest BCUT2D eigenvalue weighted by molar-refractivity contribution is 5.97. The van der Waals surface area contributed by atoms with Crippen LogP contribution >= 0.6 is 0 Å². The number of nitriles is 1. The highest BCUT2D eigenvalue weighted by atomic mass is 16.5. The molecule has 0 radical (unpaired) electrons. The van der Waals surface area contributed by atoms with E-state index in [1.54, 1.807) is 48.5 Å². The number of Topliss-reactive ketones (excluding diaryl/α,β-unsaturated/α-hetero) is 1. The Bertz CT molecular complexity index is 585. The molecule has 2 rings (SSSR count). The second-order valence-electron chi connectivity index (χ2n) is 3.69. The van der Waals surface area contributed by atoms with Gasteiger partial charge in [0.05, 0.1) is 5.56 Å². The summed E-state index contributed by atoms with van der Waals surface area (Å²) in [4.78, 5) is 11.8. The monoisotopic (exact) mass is 237 g/mol. The molecule has 18 heavy (non-hydrogen) atoms. The first-order valence-corrected chi connectivity index (χ1v) is 5.51. The summed E-state index contributed by atoms with van der Waals surface area (Å²) in [5.74, 6) is 0.327. The van der Waals surface area contributed by atoms with Crippen LogP contribution in [0.3, 0.4) is 0 Å². The minimum absolute atomic E-state index is 0.0668. The van der Waals surface area contributed by atoms with Crippen molar-refractivity contribution >= 4 is 5.78 Å². The third-order valence-electron chi connectivity index (χ3n) is 2.46. The molecule has 0 saturated carbocycles. The molecule has 0 bridgehead atoms. The minimum atomic E-state index is -0.108. The fourth-order valence-electron chi connectivity index (χ4n) is 1.54. The van der Waals surface area contributed by atoms with E-state index in [2.05, 4.69) is 0 Å². The fraction of sp³-hybridized carbons (Fsp3) is 0.0667. The fourth-order valence-corrected chi connectivity index (χ4v) is 1.54. The zero-order valence-electron chi connectivity index (χ0n) is 9.67. The van der Waals surface area contributed by atoms with E-state index in [0.29, 0.717) is 16.9 Å². The molecule has 0 aliphatic heterocycles. The maximum absolute atomic E-state index is 11.8. The van der Waals surface area contributed by atoms with Crippen molar-refractivity contribution in [1.29, 1.82) is 5.26 Å². The van der Waals surface area contributed by atoms with Gasteiger partial charge in [-0.2, -0.15) is 5.26 Å². The number of nitrogens with zero attached hydrogens (tertiary/aromatic N) is 1. The quantitative estimate of drug-likeness (QED) is 0.768. The van der Waals surface area contributed by atoms with Crippen molar-refractivity contribution in [3.8, 4) is 11.8 Å². The number of ketones is 1. The zero-order chi connectivity index (χ0) is 12.8. The lowest BCUT2D eigenvalue weighted by Crippen LogP contribution is -2.11. The van der Waals surface area contributed by atoms with Gasteiger partial charge in [-0.25, -0.2) is 0 Å². The Hall–Kier alpha value is -2.60. The highest BCUT2D eigenvalue weighted by Crippen LogP contribution is 2.16. The van der Waals surface area contributed by atoms with Crippen molar-refractivity contribution in [2.45, 2.75) is 0 Å². The van der Waals surface area contributed by atoms with Gasteiger partial charge in [-0.1, -0.05) is 42.5 Å². The zero-order valence-corrected chi connectivity index (χ0v) is 9.67. The van der Waals surface area contributed by atoms with Gasteiger partial charge in [0.15, 0.2) is 12.4 Å². The van der Waals surface area contributed by atoms with Crippen molar-refractivity contribution in [2.75, 3.05) is 6.61 Å². The minimum Gasteiger partial charge on any atom is -0.484 e. The molecule has 0 unspecified atom stereocenters. The van der Waals surface area contributed by atoms with Gasteiger partial charge in [-0.05, 0) is 12.1 Å². The van der Waals surface area contributed by atoms with Gasteiger partial charge < -0.3 is 4.74 Å². The average Bonchev–Trinajstić information content (AvgIpc) is 2.46. The van der Waals surface area contributed by atoms with Gasteiger partial charge >= 0.3 is 0 Å². The molecule has 0 amide bonds. The summed E-state index contributed by atoms with van der Waals surface area (Å²) in [6.07, 6.45) is 0. The van der Waals surface area contributed by atoms with Crippen molar-refractivity contribution in [3.05, 3.63) is 65.7 Å². The first-order chi connectivity index (χ1) is 8.81. The Morgan fingerprint density at radius 2 is 1.72 bits per heavy atom. The smallest absolute Gasteiger partial charge is 0.200 e. The van der Waals surface area contributed by atoms with E-state index in [1.165, 1.54) is 0 Å². The van der Waals surface area contributed by atoms with Gasteiger partial charge in [0.25, 0.3) is 0 Å². The van der Waals surface area contributed by atoms with Crippen molar-refractivity contribution in [1.82, 2.24) is 0 Å². The molecule has 3 nitrogen and oxygen atoms in total. The van der Waals surface area contributed by atoms with Crippen molar-refractivity contribution < 1.29 is 9.53 Å². The molecule has 0 N–H and O–H groups in total. The van der Waals surface area contributed by atoms with E-state index in [1.807, 2.05) is 12.1 Å². The van der Waals surface area contributed by atoms with E-state index < -0.39 is 0 Å². The molecular weight excluding hydrogens is 226 g/mol. The first kappa shape index (κ1) is 11.9. The molecule has 0 saturated heterocycles. The number of rotatable bonds is 4. The van der Waals surface area contributed by atoms with Gasteiger partial charge in [-0.3, -0.25) is 4.79 Å². The van der Waals surface area contributed by atoms with Crippen LogP contribution in [0.2, 0.25) is 0 Å². The number of hydrogen-bond acceptors (Lipinski definition) is 3. The standard InChI is InChI=1S/C15H11NO2/c16-10-13-8-4-5-9-15(13)18-11-14(17)12-6-2-1-3-7-12/h1-9H,11H2. The predicted octanol–water partition coefficient (Wildman–Crippen LogP) is 2.82. The van der Waals surface area contributed by atoms with Crippen LogP contribution in [0.5, 0.6) is 5.75 Å². The molecule has 0 fully saturated rings. The lowest BCUT2D eigenvalue weighted by molar-refractivity contribution is 0.0921. The lowest BCUT2D eigenvalue weighted by Gasteiger charge is -2.06. The molecule has 0 atom stereocenters. The average molecular weight is 237 g/mol. The normalized spacial score (nSPS) is 9.50. The highest BCUT2D eigenvalue weighted by Gasteiger charge is 2.07. The van der Waals surface area contributed by atoms with Crippen molar-refractivity contribution in [2.24, 2.45) is 0 Å². The number of carbonyl (C=O) groups excluding carboxylic acids is 1. The van der Waals surface area contributed by atoms with Crippen LogP contribution in [-0.4, -0.2) is 12.4 Å². The second-order valence-corrected chi connectivity index (χ2v) is 3.69. The van der Waals surface area contributed by atoms with E-state index in [9.17, 15) is 4.79 Å². The number of para-hydroxylation sites is 1. The lowest BCUT2D eigenvalue weighted by atomic mass is 10.1. The maximum atomic E-state index is 11.8. The number of hydrogen-bond donors (Lipinski definition) is 0. The summed E-state index contributed by atoms with van der Waals surface area (Å²) in [7, 11) is 0. The molecular formula is C15H11NO2. The first-order valence-electron chi connectivity index (χ1n) is 5.51. The summed E-state index contributed by atoms with van der Waals surface area (Å²) >= 11 is 0. The van der Waals surface area contributed by atoms with Crippen LogP contribution in [0.4, 0.5) is 0 Å². The molecule has 0 spiro atoms. The van der Waals surface area contributed by atoms with Crippen molar-refractivity contribution in [3.63, 3.8) is 0 Å².